The van der Waals surface area contributed by atoms with Gasteiger partial charge in [0.25, 0.3) is 0 Å². The average molecular weight is 559 g/mol. The topological polar surface area (TPSA) is 0 Å². The van der Waals surface area contributed by atoms with Crippen LogP contribution in [0.25, 0.3) is 77.2 Å². The fourth-order valence-electron chi connectivity index (χ4n) is 6.73. The Bertz CT molecular complexity index is 2130. The fraction of sp³-hybridized carbons (Fsp3) is 0. The van der Waals surface area contributed by atoms with E-state index in [1.165, 1.54) is 77.2 Å². The van der Waals surface area contributed by atoms with Crippen LogP contribution in [-0.2, 0) is 0 Å². The number of benzene rings is 8. The maximum Gasteiger partial charge on any atom is -0.00139 e. The summed E-state index contributed by atoms with van der Waals surface area (Å²) in [7, 11) is 0. The van der Waals surface area contributed by atoms with Crippen molar-refractivity contribution >= 4 is 21.5 Å². The summed E-state index contributed by atoms with van der Waals surface area (Å²) in [6.07, 6.45) is 0. The van der Waals surface area contributed by atoms with Gasteiger partial charge >= 0.3 is 0 Å². The van der Waals surface area contributed by atoms with E-state index in [0.717, 1.165) is 0 Å². The minimum absolute atomic E-state index is 1.22. The van der Waals surface area contributed by atoms with E-state index in [9.17, 15) is 0 Å². The lowest BCUT2D eigenvalue weighted by atomic mass is 9.81. The second-order valence-corrected chi connectivity index (χ2v) is 11.2. The van der Waals surface area contributed by atoms with Crippen molar-refractivity contribution in [1.82, 2.24) is 0 Å². The molecule has 8 aromatic rings. The SMILES string of the molecule is c1ccc(-c2cccc(-c3c4ccccc4c(-c4c(-c5ccccc5)cccc4-c4ccccc4)c4ccccc34)c2)cc1. The van der Waals surface area contributed by atoms with E-state index < -0.39 is 0 Å². The number of hydrogen-bond acceptors (Lipinski definition) is 0. The molecular formula is C44H30. The monoisotopic (exact) mass is 558 g/mol. The zero-order chi connectivity index (χ0) is 29.3. The molecule has 8 rings (SSSR count). The van der Waals surface area contributed by atoms with Gasteiger partial charge < -0.3 is 0 Å². The van der Waals surface area contributed by atoms with E-state index in [1.54, 1.807) is 0 Å². The second kappa shape index (κ2) is 11.2. The largest absolute Gasteiger partial charge is 0.0622 e. The summed E-state index contributed by atoms with van der Waals surface area (Å²) in [6, 6.07) is 65.9. The standard InChI is InChI=1S/C44H30/c1-4-16-31(17-5-1)34-22-14-23-35(30-34)42-38-24-10-12-26-40(38)44(41-27-13-11-25-39(41)42)43-36(32-18-6-2-7-19-32)28-15-29-37(43)33-20-8-3-9-21-33/h1-30H. The van der Waals surface area contributed by atoms with Gasteiger partial charge in [0, 0.05) is 0 Å². The van der Waals surface area contributed by atoms with E-state index in [-0.39, 0.29) is 0 Å². The number of hydrogen-bond donors (Lipinski definition) is 0. The highest BCUT2D eigenvalue weighted by atomic mass is 14.2. The van der Waals surface area contributed by atoms with Crippen LogP contribution >= 0.6 is 0 Å². The molecule has 0 bridgehead atoms. The van der Waals surface area contributed by atoms with E-state index in [0.29, 0.717) is 0 Å². The highest BCUT2D eigenvalue weighted by Gasteiger charge is 2.21. The molecular weight excluding hydrogens is 528 g/mol. The van der Waals surface area contributed by atoms with Gasteiger partial charge in [-0.3, -0.25) is 0 Å². The molecule has 0 radical (unpaired) electrons. The van der Waals surface area contributed by atoms with Crippen molar-refractivity contribution in [3.8, 4) is 55.6 Å². The molecule has 0 unspecified atom stereocenters. The van der Waals surface area contributed by atoms with Crippen molar-refractivity contribution in [2.45, 2.75) is 0 Å². The summed E-state index contributed by atoms with van der Waals surface area (Å²) in [5.41, 5.74) is 12.4. The van der Waals surface area contributed by atoms with Crippen molar-refractivity contribution in [2.24, 2.45) is 0 Å². The highest BCUT2D eigenvalue weighted by molar-refractivity contribution is 6.23. The van der Waals surface area contributed by atoms with Crippen LogP contribution in [0, 0.1) is 0 Å². The third kappa shape index (κ3) is 4.49. The molecule has 0 fully saturated rings. The van der Waals surface area contributed by atoms with Crippen molar-refractivity contribution < 1.29 is 0 Å². The second-order valence-electron chi connectivity index (χ2n) is 11.2. The predicted octanol–water partition coefficient (Wildman–Crippen LogP) is 12.3. The van der Waals surface area contributed by atoms with Crippen molar-refractivity contribution in [3.05, 3.63) is 182 Å². The molecule has 0 spiro atoms. The first kappa shape index (κ1) is 25.9. The Balaban J connectivity index is 1.50. The van der Waals surface area contributed by atoms with Crippen LogP contribution in [-0.4, -0.2) is 0 Å². The number of fused-ring (bicyclic) bond motifs is 2. The quantitative estimate of drug-likeness (QED) is 0.184. The zero-order valence-electron chi connectivity index (χ0n) is 24.3. The lowest BCUT2D eigenvalue weighted by Gasteiger charge is -2.22. The molecule has 8 aromatic carbocycles. The molecule has 0 aromatic heterocycles. The van der Waals surface area contributed by atoms with E-state index in [1.807, 2.05) is 0 Å². The van der Waals surface area contributed by atoms with Gasteiger partial charge in [-0.15, -0.1) is 0 Å². The summed E-state index contributed by atoms with van der Waals surface area (Å²) in [6.45, 7) is 0. The molecule has 0 aliphatic heterocycles. The van der Waals surface area contributed by atoms with Crippen LogP contribution in [0.1, 0.15) is 0 Å². The average Bonchev–Trinajstić information content (AvgIpc) is 3.11. The maximum absolute atomic E-state index is 2.34. The number of rotatable bonds is 5. The molecule has 0 heterocycles. The molecule has 206 valence electrons. The third-order valence-corrected chi connectivity index (χ3v) is 8.67. The first-order chi connectivity index (χ1) is 21.9. The molecule has 0 saturated carbocycles. The summed E-state index contributed by atoms with van der Waals surface area (Å²) < 4.78 is 0. The molecule has 0 aliphatic carbocycles. The van der Waals surface area contributed by atoms with E-state index >= 15 is 0 Å². The van der Waals surface area contributed by atoms with Gasteiger partial charge in [-0.2, -0.15) is 0 Å². The van der Waals surface area contributed by atoms with Crippen molar-refractivity contribution in [1.29, 1.82) is 0 Å². The van der Waals surface area contributed by atoms with Gasteiger partial charge in [-0.25, -0.2) is 0 Å². The Morgan fingerprint density at radius 1 is 0.205 bits per heavy atom. The molecule has 0 amide bonds. The molecule has 0 atom stereocenters. The maximum atomic E-state index is 2.34. The minimum atomic E-state index is 1.22. The van der Waals surface area contributed by atoms with Crippen LogP contribution in [0.4, 0.5) is 0 Å². The minimum Gasteiger partial charge on any atom is -0.0622 e. The lowest BCUT2D eigenvalue weighted by Crippen LogP contribution is -1.95. The van der Waals surface area contributed by atoms with Crippen LogP contribution in [0.5, 0.6) is 0 Å². The predicted molar refractivity (Wildman–Crippen MR) is 189 cm³/mol. The molecule has 0 saturated heterocycles. The van der Waals surface area contributed by atoms with Crippen LogP contribution in [0.15, 0.2) is 182 Å². The summed E-state index contributed by atoms with van der Waals surface area (Å²) in [5, 5.41) is 5.03. The Morgan fingerprint density at radius 3 is 1.07 bits per heavy atom. The summed E-state index contributed by atoms with van der Waals surface area (Å²) >= 11 is 0. The van der Waals surface area contributed by atoms with Gasteiger partial charge in [0.05, 0.1) is 0 Å². The van der Waals surface area contributed by atoms with Gasteiger partial charge in [-0.1, -0.05) is 176 Å². The molecule has 0 N–H and O–H groups in total. The normalized spacial score (nSPS) is 11.2. The Hall–Kier alpha value is -5.72. The Morgan fingerprint density at radius 2 is 0.568 bits per heavy atom. The van der Waals surface area contributed by atoms with Gasteiger partial charge in [0.15, 0.2) is 0 Å². The van der Waals surface area contributed by atoms with Crippen molar-refractivity contribution in [3.63, 3.8) is 0 Å². The lowest BCUT2D eigenvalue weighted by molar-refractivity contribution is 1.58. The van der Waals surface area contributed by atoms with E-state index in [2.05, 4.69) is 182 Å². The first-order valence-corrected chi connectivity index (χ1v) is 15.2. The Labute approximate surface area is 258 Å². The van der Waals surface area contributed by atoms with Gasteiger partial charge in [0.1, 0.15) is 0 Å². The smallest absolute Gasteiger partial charge is 0.00139 e. The molecule has 0 aliphatic rings. The van der Waals surface area contributed by atoms with E-state index in [4.69, 9.17) is 0 Å². The molecule has 44 heavy (non-hydrogen) atoms. The first-order valence-electron chi connectivity index (χ1n) is 15.2. The van der Waals surface area contributed by atoms with Crippen molar-refractivity contribution in [2.75, 3.05) is 0 Å². The molecule has 0 nitrogen and oxygen atoms in total. The van der Waals surface area contributed by atoms with Crippen LogP contribution < -0.4 is 0 Å². The Kier molecular flexibility index (Phi) is 6.59. The van der Waals surface area contributed by atoms with Gasteiger partial charge in [-0.05, 0) is 83.2 Å². The zero-order valence-corrected chi connectivity index (χ0v) is 24.3. The van der Waals surface area contributed by atoms with Crippen LogP contribution in [0.3, 0.4) is 0 Å². The third-order valence-electron chi connectivity index (χ3n) is 8.67. The molecule has 0 heteroatoms. The fourth-order valence-corrected chi connectivity index (χ4v) is 6.73. The van der Waals surface area contributed by atoms with Crippen LogP contribution in [0.2, 0.25) is 0 Å². The summed E-state index contributed by atoms with van der Waals surface area (Å²) in [4.78, 5) is 0. The van der Waals surface area contributed by atoms with Gasteiger partial charge in [0.2, 0.25) is 0 Å². The highest BCUT2D eigenvalue weighted by Crippen LogP contribution is 2.49. The summed E-state index contributed by atoms with van der Waals surface area (Å²) in [5.74, 6) is 0.